The zero-order valence-corrected chi connectivity index (χ0v) is 17.6. The number of amides is 1. The zero-order chi connectivity index (χ0) is 21.9. The molecule has 2 rings (SSSR count). The molecule has 1 aromatic rings. The molecule has 1 heterocycles. The third kappa shape index (κ3) is 5.69. The summed E-state index contributed by atoms with van der Waals surface area (Å²) < 4.78 is 5.47. The summed E-state index contributed by atoms with van der Waals surface area (Å²) in [5, 5.41) is 22.0. The van der Waals surface area contributed by atoms with Crippen LogP contribution in [0.15, 0.2) is 24.3 Å². The van der Waals surface area contributed by atoms with Gasteiger partial charge in [-0.05, 0) is 44.2 Å². The molecule has 0 saturated heterocycles. The first-order valence-corrected chi connectivity index (χ1v) is 9.72. The molecule has 0 aromatic heterocycles. The number of rotatable bonds is 6. The molecule has 0 spiro atoms. The quantitative estimate of drug-likeness (QED) is 0.747. The molecule has 0 bridgehead atoms. The molecular weight excluding hydrogens is 376 g/mol. The third-order valence-corrected chi connectivity index (χ3v) is 4.64. The molecule has 1 aliphatic heterocycles. The van der Waals surface area contributed by atoms with Crippen LogP contribution in [0.4, 0.5) is 4.79 Å². The fourth-order valence-corrected chi connectivity index (χ4v) is 3.42. The molecule has 8 nitrogen and oxygen atoms in total. The van der Waals surface area contributed by atoms with Crippen molar-refractivity contribution in [2.24, 2.45) is 5.92 Å². The summed E-state index contributed by atoms with van der Waals surface area (Å²) in [6.07, 6.45) is -0.533. The first-order chi connectivity index (χ1) is 13.4. The summed E-state index contributed by atoms with van der Waals surface area (Å²) in [6, 6.07) is 5.05. The van der Waals surface area contributed by atoms with E-state index in [1.807, 2.05) is 38.1 Å². The smallest absolute Gasteiger partial charge is 0.425 e. The number of benzene rings is 1. The van der Waals surface area contributed by atoms with Crippen LogP contribution >= 0.6 is 0 Å². The summed E-state index contributed by atoms with van der Waals surface area (Å²) >= 11 is 0. The number of hydrogen-bond donors (Lipinski definition) is 2. The number of nitrogens with zero attached hydrogens (tertiary/aromatic N) is 2. The second-order valence-electron chi connectivity index (χ2n) is 8.73. The van der Waals surface area contributed by atoms with Crippen molar-refractivity contribution in [3.63, 3.8) is 0 Å². The molecule has 0 aliphatic carbocycles. The van der Waals surface area contributed by atoms with Crippen LogP contribution in [0.5, 0.6) is 0 Å². The Kier molecular flexibility index (Phi) is 6.89. The van der Waals surface area contributed by atoms with E-state index in [9.17, 15) is 24.6 Å². The van der Waals surface area contributed by atoms with Gasteiger partial charge in [0.15, 0.2) is 0 Å². The van der Waals surface area contributed by atoms with Crippen LogP contribution in [0, 0.1) is 5.92 Å². The lowest BCUT2D eigenvalue weighted by molar-refractivity contribution is -0.170. The predicted octanol–water partition coefficient (Wildman–Crippen LogP) is 3.15. The molecule has 2 atom stereocenters. The molecule has 0 saturated carbocycles. The van der Waals surface area contributed by atoms with Crippen molar-refractivity contribution < 1.29 is 29.3 Å². The molecule has 160 valence electrons. The highest BCUT2D eigenvalue weighted by atomic mass is 16.6. The number of fused-ring (bicyclic) bond motifs is 1. The fraction of sp³-hybridized carbons (Fsp3) is 0.571. The molecule has 29 heavy (non-hydrogen) atoms. The van der Waals surface area contributed by atoms with Crippen LogP contribution in [0.25, 0.3) is 0 Å². The van der Waals surface area contributed by atoms with E-state index in [-0.39, 0.29) is 25.3 Å². The van der Waals surface area contributed by atoms with Gasteiger partial charge in [0.1, 0.15) is 17.7 Å². The number of hydrazine groups is 1. The van der Waals surface area contributed by atoms with E-state index in [4.69, 9.17) is 4.74 Å². The summed E-state index contributed by atoms with van der Waals surface area (Å²) in [5.74, 6) is -2.35. The Morgan fingerprint density at radius 1 is 1.17 bits per heavy atom. The van der Waals surface area contributed by atoms with E-state index in [0.29, 0.717) is 0 Å². The number of carbonyl (C=O) groups is 3. The van der Waals surface area contributed by atoms with E-state index in [0.717, 1.165) is 16.1 Å². The number of carboxylic acid groups (broad SMARTS) is 2. The predicted molar refractivity (Wildman–Crippen MR) is 106 cm³/mol. The van der Waals surface area contributed by atoms with Gasteiger partial charge in [-0.15, -0.1) is 0 Å². The Hall–Kier alpha value is -2.61. The standard InChI is InChI=1S/C21H30N2O6/c1-13(2)10-17(19(26)27)23(20(28)29-21(3,4)5)22-12-15-9-7-6-8-14(15)11-16(22)18(24)25/h6-9,13,16-17H,10-12H2,1-5H3,(H,24,25)(H,26,27)/t16?,17-/m0/s1. The average molecular weight is 406 g/mol. The van der Waals surface area contributed by atoms with Crippen LogP contribution in [-0.2, 0) is 27.3 Å². The minimum atomic E-state index is -1.24. The first-order valence-electron chi connectivity index (χ1n) is 9.72. The van der Waals surface area contributed by atoms with Crippen LogP contribution in [0.2, 0.25) is 0 Å². The first kappa shape index (κ1) is 22.7. The Morgan fingerprint density at radius 2 is 1.76 bits per heavy atom. The van der Waals surface area contributed by atoms with Crippen molar-refractivity contribution in [2.75, 3.05) is 0 Å². The minimum Gasteiger partial charge on any atom is -0.480 e. The van der Waals surface area contributed by atoms with Gasteiger partial charge in [0.25, 0.3) is 0 Å². The van der Waals surface area contributed by atoms with Crippen LogP contribution in [0.3, 0.4) is 0 Å². The molecule has 0 fully saturated rings. The van der Waals surface area contributed by atoms with Gasteiger partial charge < -0.3 is 14.9 Å². The van der Waals surface area contributed by atoms with Gasteiger partial charge in [0.05, 0.1) is 0 Å². The molecule has 1 amide bonds. The van der Waals surface area contributed by atoms with E-state index >= 15 is 0 Å². The average Bonchev–Trinajstić information content (AvgIpc) is 2.58. The lowest BCUT2D eigenvalue weighted by Gasteiger charge is -2.44. The molecule has 1 aliphatic rings. The summed E-state index contributed by atoms with van der Waals surface area (Å²) in [4.78, 5) is 37.2. The largest absolute Gasteiger partial charge is 0.480 e. The van der Waals surface area contributed by atoms with Crippen molar-refractivity contribution in [3.05, 3.63) is 35.4 Å². The van der Waals surface area contributed by atoms with E-state index in [2.05, 4.69) is 0 Å². The Labute approximate surface area is 171 Å². The number of carbonyl (C=O) groups excluding carboxylic acids is 1. The lowest BCUT2D eigenvalue weighted by Crippen LogP contribution is -2.62. The highest BCUT2D eigenvalue weighted by Crippen LogP contribution is 2.29. The second kappa shape index (κ2) is 8.82. The van der Waals surface area contributed by atoms with E-state index < -0.39 is 35.7 Å². The number of carboxylic acids is 2. The second-order valence-corrected chi connectivity index (χ2v) is 8.73. The lowest BCUT2D eigenvalue weighted by atomic mass is 9.94. The SMILES string of the molecule is CC(C)C[C@@H](C(=O)O)N(C(=O)OC(C)(C)C)N1Cc2ccccc2CC1C(=O)O. The number of hydrogen-bond acceptors (Lipinski definition) is 5. The number of ether oxygens (including phenoxy) is 1. The van der Waals surface area contributed by atoms with Crippen LogP contribution < -0.4 is 0 Å². The summed E-state index contributed by atoms with van der Waals surface area (Å²) in [5.41, 5.74) is 0.867. The Bertz CT molecular complexity index is 771. The molecular formula is C21H30N2O6. The molecule has 1 aromatic carbocycles. The number of aliphatic carboxylic acids is 2. The van der Waals surface area contributed by atoms with Gasteiger partial charge in [-0.3, -0.25) is 4.79 Å². The van der Waals surface area contributed by atoms with E-state index in [1.165, 1.54) is 5.01 Å². The third-order valence-electron chi connectivity index (χ3n) is 4.64. The maximum absolute atomic E-state index is 13.1. The van der Waals surface area contributed by atoms with Crippen molar-refractivity contribution in [1.82, 2.24) is 10.0 Å². The van der Waals surface area contributed by atoms with Crippen molar-refractivity contribution in [1.29, 1.82) is 0 Å². The fourth-order valence-electron chi connectivity index (χ4n) is 3.42. The van der Waals surface area contributed by atoms with Gasteiger partial charge in [-0.1, -0.05) is 38.1 Å². The van der Waals surface area contributed by atoms with Crippen molar-refractivity contribution in [2.45, 2.75) is 71.7 Å². The zero-order valence-electron chi connectivity index (χ0n) is 17.6. The normalized spacial score (nSPS) is 18.1. The van der Waals surface area contributed by atoms with E-state index in [1.54, 1.807) is 20.8 Å². The Balaban J connectivity index is 2.53. The molecule has 0 radical (unpaired) electrons. The molecule has 1 unspecified atom stereocenters. The summed E-state index contributed by atoms with van der Waals surface area (Å²) in [7, 11) is 0. The van der Waals surface area contributed by atoms with Gasteiger partial charge in [-0.25, -0.2) is 14.6 Å². The van der Waals surface area contributed by atoms with Gasteiger partial charge in [-0.2, -0.15) is 5.01 Å². The maximum Gasteiger partial charge on any atom is 0.425 e. The van der Waals surface area contributed by atoms with Gasteiger partial charge in [0, 0.05) is 13.0 Å². The monoisotopic (exact) mass is 406 g/mol. The van der Waals surface area contributed by atoms with Gasteiger partial charge >= 0.3 is 18.0 Å². The topological polar surface area (TPSA) is 107 Å². The van der Waals surface area contributed by atoms with Crippen LogP contribution in [0.1, 0.15) is 52.2 Å². The molecule has 2 N–H and O–H groups in total. The highest BCUT2D eigenvalue weighted by molar-refractivity contribution is 5.81. The Morgan fingerprint density at radius 3 is 2.24 bits per heavy atom. The highest BCUT2D eigenvalue weighted by Gasteiger charge is 2.44. The summed E-state index contributed by atoms with van der Waals surface area (Å²) in [6.45, 7) is 8.85. The molecule has 8 heteroatoms. The van der Waals surface area contributed by atoms with Crippen molar-refractivity contribution in [3.8, 4) is 0 Å². The minimum absolute atomic E-state index is 0.0265. The maximum atomic E-state index is 13.1. The van der Waals surface area contributed by atoms with Crippen LogP contribution in [-0.4, -0.2) is 55.9 Å². The van der Waals surface area contributed by atoms with Gasteiger partial charge in [0.2, 0.25) is 0 Å². The van der Waals surface area contributed by atoms with Crippen molar-refractivity contribution >= 4 is 18.0 Å².